The Balaban J connectivity index is 1.73. The predicted molar refractivity (Wildman–Crippen MR) is 113 cm³/mol. The van der Waals surface area contributed by atoms with Crippen LogP contribution in [0.1, 0.15) is 22.8 Å². The number of hydrogen-bond acceptors (Lipinski definition) is 6. The molecule has 0 aromatic heterocycles. The molecule has 0 atom stereocenters. The largest absolute Gasteiger partial charge is 0.493 e. The van der Waals surface area contributed by atoms with Crippen molar-refractivity contribution in [3.8, 4) is 11.5 Å². The van der Waals surface area contributed by atoms with E-state index in [4.69, 9.17) is 21.1 Å². The van der Waals surface area contributed by atoms with Crippen LogP contribution in [0.5, 0.6) is 11.5 Å². The Morgan fingerprint density at radius 1 is 1.13 bits per heavy atom. The third-order valence-corrected chi connectivity index (χ3v) is 5.24. The number of hydrogen-bond donors (Lipinski definition) is 0. The smallest absolute Gasteiger partial charge is 0.286 e. The van der Waals surface area contributed by atoms with Crippen molar-refractivity contribution in [3.63, 3.8) is 0 Å². The zero-order valence-corrected chi connectivity index (χ0v) is 17.7. The summed E-state index contributed by atoms with van der Waals surface area (Å²) in [6.45, 7) is 5.23. The number of rotatable bonds is 7. The fourth-order valence-electron chi connectivity index (χ4n) is 3.43. The molecule has 1 aliphatic heterocycles. The molecule has 2 aromatic rings. The Kier molecular flexibility index (Phi) is 7.12. The van der Waals surface area contributed by atoms with E-state index < -0.39 is 4.92 Å². The van der Waals surface area contributed by atoms with Gasteiger partial charge in [0.05, 0.1) is 24.7 Å². The molecular weight excluding hydrogens is 410 g/mol. The van der Waals surface area contributed by atoms with Gasteiger partial charge in [-0.2, -0.15) is 0 Å². The summed E-state index contributed by atoms with van der Waals surface area (Å²) in [4.78, 5) is 27.9. The summed E-state index contributed by atoms with van der Waals surface area (Å²) in [6, 6.07) is 10.3. The van der Waals surface area contributed by atoms with Gasteiger partial charge >= 0.3 is 0 Å². The van der Waals surface area contributed by atoms with Crippen LogP contribution in [0.15, 0.2) is 36.4 Å². The minimum absolute atomic E-state index is 0.00963. The predicted octanol–water partition coefficient (Wildman–Crippen LogP) is 3.61. The van der Waals surface area contributed by atoms with Crippen LogP contribution in [0.3, 0.4) is 0 Å². The Morgan fingerprint density at radius 3 is 2.37 bits per heavy atom. The van der Waals surface area contributed by atoms with E-state index in [0.29, 0.717) is 43.6 Å². The highest BCUT2D eigenvalue weighted by atomic mass is 35.5. The van der Waals surface area contributed by atoms with Gasteiger partial charge in [0.25, 0.3) is 11.6 Å². The average molecular weight is 434 g/mol. The van der Waals surface area contributed by atoms with Crippen molar-refractivity contribution in [2.75, 3.05) is 39.9 Å². The van der Waals surface area contributed by atoms with Gasteiger partial charge in [-0.1, -0.05) is 23.7 Å². The van der Waals surface area contributed by atoms with Crippen LogP contribution in [0.4, 0.5) is 5.69 Å². The lowest BCUT2D eigenvalue weighted by molar-refractivity contribution is -0.385. The Labute approximate surface area is 180 Å². The first kappa shape index (κ1) is 21.9. The summed E-state index contributed by atoms with van der Waals surface area (Å²) in [5.41, 5.74) is 0.866. The first-order valence-electron chi connectivity index (χ1n) is 9.68. The van der Waals surface area contributed by atoms with Crippen LogP contribution in [0.2, 0.25) is 5.02 Å². The molecule has 0 aliphatic carbocycles. The van der Waals surface area contributed by atoms with Gasteiger partial charge in [-0.25, -0.2) is 0 Å². The van der Waals surface area contributed by atoms with Gasteiger partial charge in [-0.05, 0) is 24.6 Å². The third kappa shape index (κ3) is 5.01. The summed E-state index contributed by atoms with van der Waals surface area (Å²) in [6.07, 6.45) is 0. The standard InChI is InChI=1S/C21H24ClN3O5/c1-3-30-20-12-17(18(25(27)28)13-19(20)29-2)21(26)24-10-8-23(9-11-24)14-15-4-6-16(22)7-5-15/h4-7,12-13H,3,8-11,14H2,1-2H3. The van der Waals surface area contributed by atoms with E-state index in [2.05, 4.69) is 4.90 Å². The SMILES string of the molecule is CCOc1cc(C(=O)N2CCN(Cc3ccc(Cl)cc3)CC2)c([N+](=O)[O-])cc1OC. The number of nitro groups is 1. The topological polar surface area (TPSA) is 85.2 Å². The quantitative estimate of drug-likeness (QED) is 0.489. The highest BCUT2D eigenvalue weighted by molar-refractivity contribution is 6.30. The van der Waals surface area contributed by atoms with E-state index >= 15 is 0 Å². The highest BCUT2D eigenvalue weighted by Crippen LogP contribution is 2.35. The molecular formula is C21H24ClN3O5. The number of halogens is 1. The molecule has 0 N–H and O–H groups in total. The zero-order chi connectivity index (χ0) is 21.7. The Hall–Kier alpha value is -2.84. The number of carbonyl (C=O) groups is 1. The van der Waals surface area contributed by atoms with Crippen LogP contribution in [0.25, 0.3) is 0 Å². The number of methoxy groups -OCH3 is 1. The van der Waals surface area contributed by atoms with Gasteiger partial charge in [-0.3, -0.25) is 19.8 Å². The number of piperazine rings is 1. The maximum atomic E-state index is 13.1. The van der Waals surface area contributed by atoms with Crippen molar-refractivity contribution >= 4 is 23.2 Å². The lowest BCUT2D eigenvalue weighted by Crippen LogP contribution is -2.48. The molecule has 1 heterocycles. The van der Waals surface area contributed by atoms with Crippen molar-refractivity contribution in [3.05, 3.63) is 62.7 Å². The Morgan fingerprint density at radius 2 is 1.80 bits per heavy atom. The minimum atomic E-state index is -0.567. The molecule has 0 radical (unpaired) electrons. The number of benzene rings is 2. The zero-order valence-electron chi connectivity index (χ0n) is 17.0. The van der Waals surface area contributed by atoms with Crippen LogP contribution in [0, 0.1) is 10.1 Å². The summed E-state index contributed by atoms with van der Waals surface area (Å²) in [5, 5.41) is 12.2. The molecule has 1 fully saturated rings. The van der Waals surface area contributed by atoms with Crippen LogP contribution in [-0.2, 0) is 6.54 Å². The van der Waals surface area contributed by atoms with Crippen LogP contribution < -0.4 is 9.47 Å². The monoisotopic (exact) mass is 433 g/mol. The van der Waals surface area contributed by atoms with E-state index in [1.54, 1.807) is 11.8 Å². The first-order valence-corrected chi connectivity index (χ1v) is 10.1. The summed E-state index contributed by atoms with van der Waals surface area (Å²) in [5.74, 6) is 0.166. The van der Waals surface area contributed by atoms with Gasteiger partial charge in [-0.15, -0.1) is 0 Å². The van der Waals surface area contributed by atoms with Crippen LogP contribution >= 0.6 is 11.6 Å². The molecule has 30 heavy (non-hydrogen) atoms. The van der Waals surface area contributed by atoms with Crippen molar-refractivity contribution in [2.24, 2.45) is 0 Å². The van der Waals surface area contributed by atoms with E-state index in [0.717, 1.165) is 12.1 Å². The van der Waals surface area contributed by atoms with Crippen molar-refractivity contribution in [1.29, 1.82) is 0 Å². The molecule has 0 bridgehead atoms. The number of amides is 1. The molecule has 1 amide bonds. The summed E-state index contributed by atoms with van der Waals surface area (Å²) >= 11 is 5.93. The van der Waals surface area contributed by atoms with E-state index in [-0.39, 0.29) is 22.9 Å². The summed E-state index contributed by atoms with van der Waals surface area (Å²) < 4.78 is 10.7. The van der Waals surface area contributed by atoms with Crippen molar-refractivity contribution < 1.29 is 19.2 Å². The number of carbonyl (C=O) groups excluding carboxylic acids is 1. The van der Waals surface area contributed by atoms with E-state index in [1.165, 1.54) is 19.2 Å². The molecule has 2 aromatic carbocycles. The molecule has 0 spiro atoms. The minimum Gasteiger partial charge on any atom is -0.493 e. The lowest BCUT2D eigenvalue weighted by atomic mass is 10.1. The molecule has 0 saturated carbocycles. The fourth-order valence-corrected chi connectivity index (χ4v) is 3.55. The molecule has 8 nitrogen and oxygen atoms in total. The molecule has 0 unspecified atom stereocenters. The average Bonchev–Trinajstić information content (AvgIpc) is 2.75. The molecule has 160 valence electrons. The third-order valence-electron chi connectivity index (χ3n) is 4.99. The normalized spacial score (nSPS) is 14.4. The molecule has 3 rings (SSSR count). The maximum Gasteiger partial charge on any atom is 0.286 e. The Bertz CT molecular complexity index is 912. The fraction of sp³-hybridized carbons (Fsp3) is 0.381. The second-order valence-corrected chi connectivity index (χ2v) is 7.34. The molecule has 1 aliphatic rings. The number of nitro benzene ring substituents is 1. The van der Waals surface area contributed by atoms with Gasteiger partial charge < -0.3 is 14.4 Å². The number of nitrogens with zero attached hydrogens (tertiary/aromatic N) is 3. The van der Waals surface area contributed by atoms with Crippen molar-refractivity contribution in [2.45, 2.75) is 13.5 Å². The van der Waals surface area contributed by atoms with Crippen molar-refractivity contribution in [1.82, 2.24) is 9.80 Å². The summed E-state index contributed by atoms with van der Waals surface area (Å²) in [7, 11) is 1.41. The van der Waals surface area contributed by atoms with Gasteiger partial charge in [0.1, 0.15) is 5.56 Å². The maximum absolute atomic E-state index is 13.1. The van der Waals surface area contributed by atoms with Gasteiger partial charge in [0.2, 0.25) is 0 Å². The van der Waals surface area contributed by atoms with Crippen LogP contribution in [-0.4, -0.2) is 60.5 Å². The van der Waals surface area contributed by atoms with E-state index in [9.17, 15) is 14.9 Å². The lowest BCUT2D eigenvalue weighted by Gasteiger charge is -2.34. The number of ether oxygens (including phenoxy) is 2. The highest BCUT2D eigenvalue weighted by Gasteiger charge is 2.30. The second-order valence-electron chi connectivity index (χ2n) is 6.91. The van der Waals surface area contributed by atoms with E-state index in [1.807, 2.05) is 24.3 Å². The molecule has 9 heteroatoms. The first-order chi connectivity index (χ1) is 14.4. The van der Waals surface area contributed by atoms with Gasteiger partial charge in [0, 0.05) is 43.8 Å². The van der Waals surface area contributed by atoms with Gasteiger partial charge in [0.15, 0.2) is 11.5 Å². The molecule has 1 saturated heterocycles. The second kappa shape index (κ2) is 9.77.